The first-order valence-electron chi connectivity index (χ1n) is 3.24. The molecule has 0 spiro atoms. The maximum atomic E-state index is 5.79. The molecule has 0 aliphatic carbocycles. The van der Waals surface area contributed by atoms with Crippen molar-refractivity contribution < 1.29 is 0 Å². The van der Waals surface area contributed by atoms with E-state index in [-0.39, 0.29) is 6.04 Å². The number of rotatable bonds is 3. The minimum atomic E-state index is 0.150. The second-order valence-corrected chi connectivity index (χ2v) is 3.13. The predicted octanol–water partition coefficient (Wildman–Crippen LogP) is 2.32. The topological polar surface area (TPSA) is 26.0 Å². The molecule has 0 radical (unpaired) electrons. The van der Waals surface area contributed by atoms with Crippen LogP contribution < -0.4 is 5.73 Å². The molecule has 10 heavy (non-hydrogen) atoms. The Balaban J connectivity index is 2.58. The zero-order valence-electron chi connectivity index (χ0n) is 5.79. The highest BCUT2D eigenvalue weighted by Crippen LogP contribution is 2.19. The van der Waals surface area contributed by atoms with Crippen LogP contribution in [0.3, 0.4) is 0 Å². The third-order valence-electron chi connectivity index (χ3n) is 1.33. The first-order chi connectivity index (χ1) is 4.84. The molecule has 2 N–H and O–H groups in total. The third kappa shape index (κ3) is 1.69. The van der Waals surface area contributed by atoms with Crippen molar-refractivity contribution in [3.63, 3.8) is 0 Å². The van der Waals surface area contributed by atoms with Crippen molar-refractivity contribution in [3.8, 4) is 0 Å². The summed E-state index contributed by atoms with van der Waals surface area (Å²) in [6.07, 6.45) is 2.71. The van der Waals surface area contributed by atoms with Gasteiger partial charge in [0.05, 0.1) is 0 Å². The maximum Gasteiger partial charge on any atom is 0.0424 e. The summed E-state index contributed by atoms with van der Waals surface area (Å²) in [5.41, 5.74) is 5.79. The molecule has 0 aliphatic heterocycles. The Morgan fingerprint density at radius 2 is 2.60 bits per heavy atom. The van der Waals surface area contributed by atoms with Crippen LogP contribution in [0.15, 0.2) is 30.2 Å². The van der Waals surface area contributed by atoms with Crippen LogP contribution in [0.5, 0.6) is 0 Å². The summed E-state index contributed by atoms with van der Waals surface area (Å²) in [4.78, 5) is 1.24. The Morgan fingerprint density at radius 1 is 1.80 bits per heavy atom. The standard InChI is InChI=1S/C8H11NS/c1-2-4-7(9)8-5-3-6-10-8/h2-3,5-7H,1,4,9H2. The molecule has 0 bridgehead atoms. The Kier molecular flexibility index (Phi) is 2.66. The van der Waals surface area contributed by atoms with Gasteiger partial charge in [0.15, 0.2) is 0 Å². The summed E-state index contributed by atoms with van der Waals surface area (Å²) in [6, 6.07) is 4.22. The fourth-order valence-electron chi connectivity index (χ4n) is 0.798. The quantitative estimate of drug-likeness (QED) is 0.663. The molecule has 1 nitrogen and oxygen atoms in total. The summed E-state index contributed by atoms with van der Waals surface area (Å²) in [5, 5.41) is 2.04. The highest BCUT2D eigenvalue weighted by Gasteiger charge is 2.02. The molecule has 0 fully saturated rings. The zero-order valence-corrected chi connectivity index (χ0v) is 6.60. The number of hydrogen-bond acceptors (Lipinski definition) is 2. The van der Waals surface area contributed by atoms with Crippen molar-refractivity contribution >= 4 is 11.3 Å². The molecule has 1 unspecified atom stereocenters. The van der Waals surface area contributed by atoms with E-state index in [2.05, 4.69) is 12.6 Å². The fraction of sp³-hybridized carbons (Fsp3) is 0.250. The Morgan fingerprint density at radius 3 is 3.10 bits per heavy atom. The lowest BCUT2D eigenvalue weighted by molar-refractivity contribution is 0.758. The van der Waals surface area contributed by atoms with Crippen LogP contribution in [0.4, 0.5) is 0 Å². The smallest absolute Gasteiger partial charge is 0.0424 e. The van der Waals surface area contributed by atoms with Crippen molar-refractivity contribution in [2.75, 3.05) is 0 Å². The average Bonchev–Trinajstić information content (AvgIpc) is 2.38. The molecule has 1 heterocycles. The Bertz CT molecular complexity index is 191. The minimum absolute atomic E-state index is 0.150. The Hall–Kier alpha value is -0.600. The molecule has 1 aromatic rings. The molecule has 0 aromatic carbocycles. The minimum Gasteiger partial charge on any atom is -0.323 e. The lowest BCUT2D eigenvalue weighted by Gasteiger charge is -2.03. The van der Waals surface area contributed by atoms with Gasteiger partial charge in [0.25, 0.3) is 0 Å². The molecule has 0 aliphatic rings. The van der Waals surface area contributed by atoms with E-state index in [0.717, 1.165) is 6.42 Å². The maximum absolute atomic E-state index is 5.79. The van der Waals surface area contributed by atoms with Crippen LogP contribution in [0.25, 0.3) is 0 Å². The van der Waals surface area contributed by atoms with Crippen LogP contribution in [-0.2, 0) is 0 Å². The van der Waals surface area contributed by atoms with E-state index in [9.17, 15) is 0 Å². The number of nitrogens with two attached hydrogens (primary N) is 1. The van der Waals surface area contributed by atoms with E-state index >= 15 is 0 Å². The van der Waals surface area contributed by atoms with Gasteiger partial charge in [0, 0.05) is 10.9 Å². The molecular weight excluding hydrogens is 142 g/mol. The van der Waals surface area contributed by atoms with E-state index in [1.165, 1.54) is 4.88 Å². The summed E-state index contributed by atoms with van der Waals surface area (Å²) in [5.74, 6) is 0. The van der Waals surface area contributed by atoms with Crippen LogP contribution in [-0.4, -0.2) is 0 Å². The fourth-order valence-corrected chi connectivity index (χ4v) is 1.54. The monoisotopic (exact) mass is 153 g/mol. The van der Waals surface area contributed by atoms with Crippen LogP contribution >= 0.6 is 11.3 Å². The summed E-state index contributed by atoms with van der Waals surface area (Å²) < 4.78 is 0. The SMILES string of the molecule is C=CCC(N)c1cccs1. The van der Waals surface area contributed by atoms with E-state index in [1.807, 2.05) is 17.5 Å². The normalized spacial score (nSPS) is 12.9. The van der Waals surface area contributed by atoms with Gasteiger partial charge in [-0.2, -0.15) is 0 Å². The number of hydrogen-bond donors (Lipinski definition) is 1. The molecule has 54 valence electrons. The van der Waals surface area contributed by atoms with Crippen molar-refractivity contribution in [3.05, 3.63) is 35.0 Å². The lowest BCUT2D eigenvalue weighted by atomic mass is 10.2. The molecule has 2 heteroatoms. The van der Waals surface area contributed by atoms with Gasteiger partial charge < -0.3 is 5.73 Å². The summed E-state index contributed by atoms with van der Waals surface area (Å²) in [7, 11) is 0. The van der Waals surface area contributed by atoms with Crippen molar-refractivity contribution in [1.29, 1.82) is 0 Å². The second-order valence-electron chi connectivity index (χ2n) is 2.15. The highest BCUT2D eigenvalue weighted by molar-refractivity contribution is 7.10. The largest absolute Gasteiger partial charge is 0.323 e. The number of thiophene rings is 1. The predicted molar refractivity (Wildman–Crippen MR) is 46.1 cm³/mol. The van der Waals surface area contributed by atoms with Crippen molar-refractivity contribution in [2.45, 2.75) is 12.5 Å². The first-order valence-corrected chi connectivity index (χ1v) is 4.12. The molecule has 0 amide bonds. The lowest BCUT2D eigenvalue weighted by Crippen LogP contribution is -2.06. The molecule has 1 rings (SSSR count). The molecule has 0 saturated heterocycles. The second kappa shape index (κ2) is 3.54. The molecular formula is C8H11NS. The average molecular weight is 153 g/mol. The van der Waals surface area contributed by atoms with Gasteiger partial charge in [-0.05, 0) is 17.9 Å². The summed E-state index contributed by atoms with van der Waals surface area (Å²) in [6.45, 7) is 3.64. The van der Waals surface area contributed by atoms with Gasteiger partial charge in [-0.3, -0.25) is 0 Å². The zero-order chi connectivity index (χ0) is 7.40. The van der Waals surface area contributed by atoms with E-state index in [1.54, 1.807) is 11.3 Å². The van der Waals surface area contributed by atoms with Gasteiger partial charge in [-0.15, -0.1) is 17.9 Å². The third-order valence-corrected chi connectivity index (χ3v) is 2.33. The van der Waals surface area contributed by atoms with E-state index < -0.39 is 0 Å². The highest BCUT2D eigenvalue weighted by atomic mass is 32.1. The van der Waals surface area contributed by atoms with Crippen molar-refractivity contribution in [2.24, 2.45) is 5.73 Å². The van der Waals surface area contributed by atoms with Gasteiger partial charge in [0.2, 0.25) is 0 Å². The van der Waals surface area contributed by atoms with Gasteiger partial charge in [-0.25, -0.2) is 0 Å². The molecule has 1 aromatic heterocycles. The summed E-state index contributed by atoms with van der Waals surface area (Å²) >= 11 is 1.70. The Labute approximate surface area is 65.2 Å². The van der Waals surface area contributed by atoms with Gasteiger partial charge in [-0.1, -0.05) is 12.1 Å². The van der Waals surface area contributed by atoms with Gasteiger partial charge in [0.1, 0.15) is 0 Å². The van der Waals surface area contributed by atoms with Crippen LogP contribution in [0.2, 0.25) is 0 Å². The van der Waals surface area contributed by atoms with Gasteiger partial charge >= 0.3 is 0 Å². The van der Waals surface area contributed by atoms with Crippen LogP contribution in [0, 0.1) is 0 Å². The van der Waals surface area contributed by atoms with E-state index in [0.29, 0.717) is 0 Å². The first kappa shape index (κ1) is 7.51. The molecule has 1 atom stereocenters. The van der Waals surface area contributed by atoms with Crippen molar-refractivity contribution in [1.82, 2.24) is 0 Å². The van der Waals surface area contributed by atoms with E-state index in [4.69, 9.17) is 5.73 Å². The van der Waals surface area contributed by atoms with Crippen LogP contribution in [0.1, 0.15) is 17.3 Å². The molecule has 0 saturated carbocycles.